The Morgan fingerprint density at radius 3 is 2.79 bits per heavy atom. The number of aromatic nitrogens is 2. The summed E-state index contributed by atoms with van der Waals surface area (Å²) in [6.45, 7) is 1.75. The molecule has 1 N–H and O–H groups in total. The monoisotopic (exact) mass is 258 g/mol. The number of rotatable bonds is 3. The van der Waals surface area contributed by atoms with E-state index in [-0.39, 0.29) is 11.4 Å². The number of carbonyl (C=O) groups is 1. The van der Waals surface area contributed by atoms with Crippen LogP contribution in [-0.2, 0) is 0 Å². The SMILES string of the molecule is Cc1ccc([N+](=O)[O-])cc1NC(=O)c1cnccn1. The second-order valence-corrected chi connectivity index (χ2v) is 3.80. The number of nitro groups is 1. The average Bonchev–Trinajstić information content (AvgIpc) is 2.42. The number of nitrogens with zero attached hydrogens (tertiary/aromatic N) is 3. The van der Waals surface area contributed by atoms with Crippen molar-refractivity contribution in [2.24, 2.45) is 0 Å². The molecule has 0 saturated heterocycles. The summed E-state index contributed by atoms with van der Waals surface area (Å²) in [7, 11) is 0. The zero-order valence-corrected chi connectivity index (χ0v) is 10.0. The van der Waals surface area contributed by atoms with Gasteiger partial charge in [-0.1, -0.05) is 6.07 Å². The van der Waals surface area contributed by atoms with E-state index in [9.17, 15) is 14.9 Å². The Bertz CT molecular complexity index is 628. The van der Waals surface area contributed by atoms with E-state index in [0.717, 1.165) is 5.56 Å². The Hall–Kier alpha value is -2.83. The fourth-order valence-electron chi connectivity index (χ4n) is 1.46. The lowest BCUT2D eigenvalue weighted by atomic mass is 10.2. The third-order valence-electron chi connectivity index (χ3n) is 2.48. The molecule has 7 heteroatoms. The molecule has 0 unspecified atom stereocenters. The van der Waals surface area contributed by atoms with Gasteiger partial charge >= 0.3 is 0 Å². The third-order valence-corrected chi connectivity index (χ3v) is 2.48. The molecule has 1 aromatic heterocycles. The topological polar surface area (TPSA) is 98.0 Å². The van der Waals surface area contributed by atoms with Crippen molar-refractivity contribution in [2.75, 3.05) is 5.32 Å². The molecule has 2 rings (SSSR count). The van der Waals surface area contributed by atoms with Crippen molar-refractivity contribution in [3.05, 3.63) is 58.2 Å². The summed E-state index contributed by atoms with van der Waals surface area (Å²) in [4.78, 5) is 29.7. The molecule has 0 aliphatic carbocycles. The summed E-state index contributed by atoms with van der Waals surface area (Å²) >= 11 is 0. The van der Waals surface area contributed by atoms with Crippen LogP contribution >= 0.6 is 0 Å². The van der Waals surface area contributed by atoms with Crippen molar-refractivity contribution in [1.82, 2.24) is 9.97 Å². The molecule has 0 spiro atoms. The minimum Gasteiger partial charge on any atom is -0.320 e. The van der Waals surface area contributed by atoms with Gasteiger partial charge in [0.2, 0.25) is 0 Å². The van der Waals surface area contributed by atoms with E-state index in [2.05, 4.69) is 15.3 Å². The summed E-state index contributed by atoms with van der Waals surface area (Å²) in [5.41, 5.74) is 1.17. The number of nitrogens with one attached hydrogen (secondary N) is 1. The predicted octanol–water partition coefficient (Wildman–Crippen LogP) is 1.95. The molecule has 2 aromatic rings. The number of nitro benzene ring substituents is 1. The summed E-state index contributed by atoms with van der Waals surface area (Å²) < 4.78 is 0. The van der Waals surface area contributed by atoms with Crippen LogP contribution in [0.25, 0.3) is 0 Å². The number of hydrogen-bond donors (Lipinski definition) is 1. The standard InChI is InChI=1S/C12H10N4O3/c1-8-2-3-9(16(18)19)6-10(8)15-12(17)11-7-13-4-5-14-11/h2-7H,1H3,(H,15,17). The van der Waals surface area contributed by atoms with Crippen LogP contribution in [0.2, 0.25) is 0 Å². The third kappa shape index (κ3) is 2.89. The maximum absolute atomic E-state index is 11.9. The molecule has 0 aliphatic heterocycles. The van der Waals surface area contributed by atoms with Crippen molar-refractivity contribution in [2.45, 2.75) is 6.92 Å². The summed E-state index contributed by atoms with van der Waals surface area (Å²) in [5, 5.41) is 13.3. The van der Waals surface area contributed by atoms with Crippen molar-refractivity contribution < 1.29 is 9.72 Å². The number of carbonyl (C=O) groups excluding carboxylic acids is 1. The van der Waals surface area contributed by atoms with E-state index >= 15 is 0 Å². The van der Waals surface area contributed by atoms with Crippen molar-refractivity contribution in [3.63, 3.8) is 0 Å². The number of aryl methyl sites for hydroxylation is 1. The molecule has 19 heavy (non-hydrogen) atoms. The Morgan fingerprint density at radius 2 is 2.16 bits per heavy atom. The molecular formula is C12H10N4O3. The Morgan fingerprint density at radius 1 is 1.37 bits per heavy atom. The fraction of sp³-hybridized carbons (Fsp3) is 0.0833. The smallest absolute Gasteiger partial charge is 0.275 e. The van der Waals surface area contributed by atoms with Crippen LogP contribution in [0, 0.1) is 17.0 Å². The molecule has 0 atom stereocenters. The lowest BCUT2D eigenvalue weighted by Crippen LogP contribution is -2.14. The van der Waals surface area contributed by atoms with Crippen molar-refractivity contribution in [3.8, 4) is 0 Å². The van der Waals surface area contributed by atoms with Gasteiger partial charge < -0.3 is 5.32 Å². The largest absolute Gasteiger partial charge is 0.320 e. The van der Waals surface area contributed by atoms with Gasteiger partial charge in [0.1, 0.15) is 5.69 Å². The van der Waals surface area contributed by atoms with E-state index in [0.29, 0.717) is 5.69 Å². The minimum absolute atomic E-state index is 0.0833. The van der Waals surface area contributed by atoms with Crippen molar-refractivity contribution in [1.29, 1.82) is 0 Å². The van der Waals surface area contributed by atoms with Crippen molar-refractivity contribution >= 4 is 17.3 Å². The van der Waals surface area contributed by atoms with Gasteiger partial charge in [-0.15, -0.1) is 0 Å². The molecule has 0 radical (unpaired) electrons. The molecule has 96 valence electrons. The highest BCUT2D eigenvalue weighted by Crippen LogP contribution is 2.22. The average molecular weight is 258 g/mol. The number of benzene rings is 1. The first-order valence-corrected chi connectivity index (χ1v) is 5.40. The maximum atomic E-state index is 11.9. The number of anilines is 1. The lowest BCUT2D eigenvalue weighted by molar-refractivity contribution is -0.384. The molecule has 1 heterocycles. The van der Waals surface area contributed by atoms with E-state index in [1.807, 2.05) is 0 Å². The van der Waals surface area contributed by atoms with Gasteiger partial charge in [0.25, 0.3) is 11.6 Å². The number of hydrogen-bond acceptors (Lipinski definition) is 5. The maximum Gasteiger partial charge on any atom is 0.275 e. The number of amides is 1. The van der Waals surface area contributed by atoms with Gasteiger partial charge in [-0.2, -0.15) is 0 Å². The summed E-state index contributed by atoms with van der Waals surface area (Å²) in [6.07, 6.45) is 4.17. The molecule has 0 saturated carbocycles. The molecule has 0 bridgehead atoms. The highest BCUT2D eigenvalue weighted by Gasteiger charge is 2.12. The van der Waals surface area contributed by atoms with Gasteiger partial charge in [0, 0.05) is 24.5 Å². The minimum atomic E-state index is -0.516. The van der Waals surface area contributed by atoms with E-state index in [1.54, 1.807) is 13.0 Å². The molecule has 1 aromatic carbocycles. The van der Waals surface area contributed by atoms with Gasteiger partial charge in [-0.3, -0.25) is 19.9 Å². The zero-order chi connectivity index (χ0) is 13.8. The van der Waals surface area contributed by atoms with Crippen LogP contribution < -0.4 is 5.32 Å². The lowest BCUT2D eigenvalue weighted by Gasteiger charge is -2.07. The Labute approximate surface area is 108 Å². The van der Waals surface area contributed by atoms with Crippen LogP contribution in [0.3, 0.4) is 0 Å². The predicted molar refractivity (Wildman–Crippen MR) is 67.8 cm³/mol. The van der Waals surface area contributed by atoms with E-state index < -0.39 is 10.8 Å². The summed E-state index contributed by atoms with van der Waals surface area (Å²) in [5.74, 6) is -0.461. The van der Waals surface area contributed by atoms with Gasteiger partial charge in [-0.05, 0) is 12.5 Å². The fourth-order valence-corrected chi connectivity index (χ4v) is 1.46. The molecular weight excluding hydrogens is 248 g/mol. The molecule has 0 fully saturated rings. The zero-order valence-electron chi connectivity index (χ0n) is 10.0. The molecule has 1 amide bonds. The van der Waals surface area contributed by atoms with E-state index in [4.69, 9.17) is 0 Å². The number of non-ortho nitro benzene ring substituents is 1. The van der Waals surface area contributed by atoms with Crippen LogP contribution in [-0.4, -0.2) is 20.8 Å². The van der Waals surface area contributed by atoms with Crippen LogP contribution in [0.1, 0.15) is 16.1 Å². The second-order valence-electron chi connectivity index (χ2n) is 3.80. The molecule has 0 aliphatic rings. The normalized spacial score (nSPS) is 9.95. The quantitative estimate of drug-likeness (QED) is 0.670. The van der Waals surface area contributed by atoms with Crippen LogP contribution in [0.5, 0.6) is 0 Å². The Kier molecular flexibility index (Phi) is 3.46. The van der Waals surface area contributed by atoms with Crippen LogP contribution in [0.4, 0.5) is 11.4 Å². The summed E-state index contributed by atoms with van der Waals surface area (Å²) in [6, 6.07) is 4.27. The second kappa shape index (κ2) is 5.21. The first kappa shape index (κ1) is 12.6. The van der Waals surface area contributed by atoms with Crippen LogP contribution in [0.15, 0.2) is 36.8 Å². The first-order chi connectivity index (χ1) is 9.08. The Balaban J connectivity index is 2.26. The van der Waals surface area contributed by atoms with Gasteiger partial charge in [0.05, 0.1) is 16.8 Å². The van der Waals surface area contributed by atoms with Gasteiger partial charge in [-0.25, -0.2) is 4.98 Å². The highest BCUT2D eigenvalue weighted by atomic mass is 16.6. The van der Waals surface area contributed by atoms with Gasteiger partial charge in [0.15, 0.2) is 0 Å². The highest BCUT2D eigenvalue weighted by molar-refractivity contribution is 6.03. The van der Waals surface area contributed by atoms with E-state index in [1.165, 1.54) is 30.7 Å². The first-order valence-electron chi connectivity index (χ1n) is 5.40. The molecule has 7 nitrogen and oxygen atoms in total.